The number of nitrogens with zero attached hydrogens (tertiary/aromatic N) is 7. The average molecular weight is 516 g/mol. The zero-order valence-corrected chi connectivity index (χ0v) is 18.3. The molecule has 15 heteroatoms. The third-order valence-electron chi connectivity index (χ3n) is 5.22. The molecule has 0 bridgehead atoms. The zero-order chi connectivity index (χ0) is 26.3. The topological polar surface area (TPSA) is 112 Å². The van der Waals surface area contributed by atoms with Crippen molar-refractivity contribution in [1.29, 1.82) is 0 Å². The van der Waals surface area contributed by atoms with Crippen LogP contribution in [-0.2, 0) is 6.18 Å². The number of carbonyl (C=O) groups excluding carboxylic acids is 1. The molecule has 0 aliphatic rings. The number of alkyl halides is 5. The molecule has 0 atom stereocenters. The van der Waals surface area contributed by atoms with E-state index >= 15 is 0 Å². The van der Waals surface area contributed by atoms with Crippen LogP contribution in [0.1, 0.15) is 28.0 Å². The number of aromatic nitrogens is 7. The Labute approximate surface area is 202 Å². The first-order chi connectivity index (χ1) is 17.6. The van der Waals surface area contributed by atoms with Gasteiger partial charge in [-0.15, -0.1) is 0 Å². The minimum Gasteiger partial charge on any atom is -0.320 e. The van der Waals surface area contributed by atoms with E-state index in [0.29, 0.717) is 10.9 Å². The van der Waals surface area contributed by atoms with Crippen molar-refractivity contribution in [3.63, 3.8) is 0 Å². The number of pyridine rings is 2. The standard InChI is InChI=1S/C22H13F5N8O2/c23-18(24)13-9-12(10-29-19(13)34-8-2-5-30-34)32-21(37)14-11-31-35(17(14)22(25,26)27)15-3-1-7-33-16(36)4-6-28-20(15)33/h1-11,18H,(H,32,37). The molecule has 5 heterocycles. The maximum absolute atomic E-state index is 14.1. The van der Waals surface area contributed by atoms with E-state index in [1.54, 1.807) is 0 Å². The van der Waals surface area contributed by atoms with Gasteiger partial charge in [0.1, 0.15) is 5.69 Å². The quantitative estimate of drug-likeness (QED) is 0.357. The monoisotopic (exact) mass is 516 g/mol. The minimum atomic E-state index is -5.07. The van der Waals surface area contributed by atoms with Crippen molar-refractivity contribution in [3.8, 4) is 11.5 Å². The second-order valence-corrected chi connectivity index (χ2v) is 7.53. The van der Waals surface area contributed by atoms with Gasteiger partial charge in [0, 0.05) is 30.9 Å². The molecular formula is C22H13F5N8O2. The second kappa shape index (κ2) is 8.92. The molecule has 37 heavy (non-hydrogen) atoms. The molecule has 188 valence electrons. The Kier molecular flexibility index (Phi) is 5.74. The van der Waals surface area contributed by atoms with E-state index in [4.69, 9.17) is 0 Å². The summed E-state index contributed by atoms with van der Waals surface area (Å²) in [6.07, 6.45) is -1.20. The minimum absolute atomic E-state index is 0.129. The van der Waals surface area contributed by atoms with Gasteiger partial charge in [0.15, 0.2) is 17.2 Å². The van der Waals surface area contributed by atoms with Gasteiger partial charge in [-0.2, -0.15) is 23.4 Å². The van der Waals surface area contributed by atoms with Crippen LogP contribution in [0.25, 0.3) is 17.2 Å². The molecule has 1 amide bonds. The third kappa shape index (κ3) is 4.30. The van der Waals surface area contributed by atoms with Gasteiger partial charge in [-0.1, -0.05) is 0 Å². The number of halogens is 5. The number of rotatable bonds is 5. The normalized spacial score (nSPS) is 11.8. The maximum Gasteiger partial charge on any atom is 0.434 e. The fourth-order valence-corrected chi connectivity index (χ4v) is 3.67. The number of nitrogens with one attached hydrogen (secondary N) is 1. The lowest BCUT2D eigenvalue weighted by molar-refractivity contribution is -0.143. The molecule has 5 rings (SSSR count). The van der Waals surface area contributed by atoms with Crippen LogP contribution in [0.4, 0.5) is 27.6 Å². The fraction of sp³-hybridized carbons (Fsp3) is 0.0909. The lowest BCUT2D eigenvalue weighted by atomic mass is 10.2. The first kappa shape index (κ1) is 23.8. The molecular weight excluding hydrogens is 503 g/mol. The van der Waals surface area contributed by atoms with Crippen LogP contribution >= 0.6 is 0 Å². The summed E-state index contributed by atoms with van der Waals surface area (Å²) in [4.78, 5) is 32.8. The Balaban J connectivity index is 1.56. The van der Waals surface area contributed by atoms with Crippen LogP contribution in [0.3, 0.4) is 0 Å². The largest absolute Gasteiger partial charge is 0.434 e. The highest BCUT2D eigenvalue weighted by atomic mass is 19.4. The summed E-state index contributed by atoms with van der Waals surface area (Å²) in [5.41, 5.74) is -4.08. The summed E-state index contributed by atoms with van der Waals surface area (Å²) in [6, 6.07) is 6.09. The van der Waals surface area contributed by atoms with Crippen molar-refractivity contribution in [3.05, 3.63) is 94.7 Å². The highest BCUT2D eigenvalue weighted by Crippen LogP contribution is 2.35. The smallest absolute Gasteiger partial charge is 0.320 e. The van der Waals surface area contributed by atoms with Crippen molar-refractivity contribution in [2.24, 2.45) is 0 Å². The van der Waals surface area contributed by atoms with Gasteiger partial charge in [-0.05, 0) is 24.3 Å². The molecule has 1 N–H and O–H groups in total. The van der Waals surface area contributed by atoms with Crippen molar-refractivity contribution in [2.45, 2.75) is 12.6 Å². The van der Waals surface area contributed by atoms with E-state index in [1.807, 2.05) is 0 Å². The summed E-state index contributed by atoms with van der Waals surface area (Å²) in [5.74, 6) is -1.47. The van der Waals surface area contributed by atoms with Crippen LogP contribution in [0.5, 0.6) is 0 Å². The van der Waals surface area contributed by atoms with Crippen molar-refractivity contribution in [2.75, 3.05) is 5.32 Å². The van der Waals surface area contributed by atoms with Crippen LogP contribution < -0.4 is 10.9 Å². The van der Waals surface area contributed by atoms with E-state index in [9.17, 15) is 31.5 Å². The molecule has 0 saturated heterocycles. The van der Waals surface area contributed by atoms with Crippen molar-refractivity contribution in [1.82, 2.24) is 33.9 Å². The molecule has 0 unspecified atom stereocenters. The van der Waals surface area contributed by atoms with Gasteiger partial charge in [-0.3, -0.25) is 14.0 Å². The van der Waals surface area contributed by atoms with E-state index in [1.165, 1.54) is 36.8 Å². The van der Waals surface area contributed by atoms with Gasteiger partial charge in [0.05, 0.1) is 29.2 Å². The molecule has 0 aromatic carbocycles. The number of fused-ring (bicyclic) bond motifs is 1. The number of amides is 1. The van der Waals surface area contributed by atoms with Gasteiger partial charge >= 0.3 is 6.18 Å². The van der Waals surface area contributed by atoms with E-state index in [2.05, 4.69) is 25.5 Å². The van der Waals surface area contributed by atoms with Crippen LogP contribution in [0.15, 0.2) is 72.3 Å². The van der Waals surface area contributed by atoms with Gasteiger partial charge < -0.3 is 5.32 Å². The van der Waals surface area contributed by atoms with Crippen LogP contribution in [0, 0.1) is 0 Å². The molecule has 0 aliphatic carbocycles. The number of carbonyl (C=O) groups is 1. The highest BCUT2D eigenvalue weighted by molar-refractivity contribution is 6.05. The molecule has 0 saturated carbocycles. The third-order valence-corrected chi connectivity index (χ3v) is 5.22. The highest BCUT2D eigenvalue weighted by Gasteiger charge is 2.41. The van der Waals surface area contributed by atoms with Gasteiger partial charge in [-0.25, -0.2) is 28.1 Å². The Bertz CT molecular complexity index is 1670. The van der Waals surface area contributed by atoms with E-state index in [-0.39, 0.29) is 22.8 Å². The Morgan fingerprint density at radius 1 is 1.00 bits per heavy atom. The van der Waals surface area contributed by atoms with E-state index < -0.39 is 40.9 Å². The summed E-state index contributed by atoms with van der Waals surface area (Å²) in [7, 11) is 0. The number of hydrogen-bond donors (Lipinski definition) is 1. The Morgan fingerprint density at radius 2 is 1.81 bits per heavy atom. The molecule has 5 aromatic rings. The summed E-state index contributed by atoms with van der Waals surface area (Å²) in [5, 5.41) is 9.72. The molecule has 0 fully saturated rings. The molecule has 10 nitrogen and oxygen atoms in total. The number of hydrogen-bond acceptors (Lipinski definition) is 6. The zero-order valence-electron chi connectivity index (χ0n) is 18.3. The molecule has 0 spiro atoms. The SMILES string of the molecule is O=C(Nc1cnc(-n2cccn2)c(C(F)F)c1)c1cnn(-c2cccn3c(=O)ccnc23)c1C(F)(F)F. The average Bonchev–Trinajstić information content (AvgIpc) is 3.54. The van der Waals surface area contributed by atoms with Crippen LogP contribution in [0.2, 0.25) is 0 Å². The van der Waals surface area contributed by atoms with Gasteiger partial charge in [0.25, 0.3) is 17.9 Å². The lowest BCUT2D eigenvalue weighted by Gasteiger charge is -2.14. The maximum atomic E-state index is 14.1. The predicted molar refractivity (Wildman–Crippen MR) is 118 cm³/mol. The molecule has 0 radical (unpaired) electrons. The first-order valence-corrected chi connectivity index (χ1v) is 10.4. The Morgan fingerprint density at radius 3 is 2.51 bits per heavy atom. The van der Waals surface area contributed by atoms with Crippen LogP contribution in [-0.4, -0.2) is 39.8 Å². The fourth-order valence-electron chi connectivity index (χ4n) is 3.67. The van der Waals surface area contributed by atoms with Crippen molar-refractivity contribution < 1.29 is 26.7 Å². The first-order valence-electron chi connectivity index (χ1n) is 10.4. The van der Waals surface area contributed by atoms with Gasteiger partial charge in [0.2, 0.25) is 0 Å². The second-order valence-electron chi connectivity index (χ2n) is 7.53. The summed E-state index contributed by atoms with van der Waals surface area (Å²) in [6.45, 7) is 0. The number of anilines is 1. The van der Waals surface area contributed by atoms with E-state index in [0.717, 1.165) is 33.6 Å². The molecule has 0 aliphatic heterocycles. The summed E-state index contributed by atoms with van der Waals surface area (Å²) >= 11 is 0. The molecule has 5 aromatic heterocycles. The lowest BCUT2D eigenvalue weighted by Crippen LogP contribution is -2.22. The Hall–Kier alpha value is -4.95. The summed E-state index contributed by atoms with van der Waals surface area (Å²) < 4.78 is 72.2. The predicted octanol–water partition coefficient (Wildman–Crippen LogP) is 3.67. The van der Waals surface area contributed by atoms with Crippen molar-refractivity contribution >= 4 is 17.2 Å².